The molecule has 1 aromatic carbocycles. The lowest BCUT2D eigenvalue weighted by Gasteiger charge is -2.31. The second kappa shape index (κ2) is 9.47. The zero-order chi connectivity index (χ0) is 23.9. The average Bonchev–Trinajstić information content (AvgIpc) is 3.36. The maximum Gasteiger partial charge on any atom is 0.250 e. The van der Waals surface area contributed by atoms with Crippen LogP contribution in [-0.4, -0.2) is 42.5 Å². The highest BCUT2D eigenvalue weighted by Gasteiger charge is 2.29. The van der Waals surface area contributed by atoms with Crippen LogP contribution in [0.4, 0.5) is 0 Å². The van der Waals surface area contributed by atoms with E-state index in [9.17, 15) is 13.2 Å². The van der Waals surface area contributed by atoms with E-state index in [1.807, 2.05) is 12.3 Å². The van der Waals surface area contributed by atoms with E-state index in [2.05, 4.69) is 23.2 Å². The molecule has 0 bridgehead atoms. The number of nitrogens with zero attached hydrogens (tertiary/aromatic N) is 1. The van der Waals surface area contributed by atoms with E-state index >= 15 is 0 Å². The first-order valence-electron chi connectivity index (χ1n) is 12.4. The van der Waals surface area contributed by atoms with E-state index in [-0.39, 0.29) is 11.7 Å². The van der Waals surface area contributed by atoms with Crippen LogP contribution in [0.25, 0.3) is 21.3 Å². The second-order valence-electron chi connectivity index (χ2n) is 9.73. The summed E-state index contributed by atoms with van der Waals surface area (Å²) in [6, 6.07) is 8.44. The van der Waals surface area contributed by atoms with E-state index in [1.54, 1.807) is 22.6 Å². The normalized spacial score (nSPS) is 18.0. The van der Waals surface area contributed by atoms with Gasteiger partial charge >= 0.3 is 0 Å². The molecule has 1 aliphatic heterocycles. The predicted octanol–water partition coefficient (Wildman–Crippen LogP) is 5.26. The maximum absolute atomic E-state index is 12.3. The molecule has 0 radical (unpaired) electrons. The Bertz CT molecular complexity index is 1300. The maximum atomic E-state index is 12.3. The molecule has 1 aliphatic carbocycles. The molecule has 0 spiro atoms. The van der Waals surface area contributed by atoms with Crippen molar-refractivity contribution in [2.45, 2.75) is 57.8 Å². The fourth-order valence-corrected chi connectivity index (χ4v) is 7.36. The molecule has 34 heavy (non-hydrogen) atoms. The van der Waals surface area contributed by atoms with E-state index in [0.717, 1.165) is 52.1 Å². The quantitative estimate of drug-likeness (QED) is 0.420. The number of carbonyl (C=O) groups is 1. The summed E-state index contributed by atoms with van der Waals surface area (Å²) in [7, 11) is -3.16. The molecule has 1 saturated heterocycles. The molecule has 3 N–H and O–H groups in total. The van der Waals surface area contributed by atoms with Gasteiger partial charge < -0.3 is 10.7 Å². The van der Waals surface area contributed by atoms with Crippen LogP contribution in [0.1, 0.15) is 72.2 Å². The van der Waals surface area contributed by atoms with Gasteiger partial charge in [0.15, 0.2) is 0 Å². The first-order chi connectivity index (χ1) is 16.4. The van der Waals surface area contributed by atoms with Gasteiger partial charge in [-0.2, -0.15) is 0 Å². The Hall–Kier alpha value is -2.16. The van der Waals surface area contributed by atoms with Crippen molar-refractivity contribution in [3.8, 4) is 10.4 Å². The highest BCUT2D eigenvalue weighted by molar-refractivity contribution is 7.89. The van der Waals surface area contributed by atoms with Crippen LogP contribution in [0.15, 0.2) is 30.5 Å². The molecule has 3 aromatic rings. The number of hydrogen-bond donors (Lipinski definition) is 2. The summed E-state index contributed by atoms with van der Waals surface area (Å²) in [5.41, 5.74) is 9.22. The Labute approximate surface area is 205 Å². The fraction of sp³-hybridized carbons (Fsp3) is 0.500. The monoisotopic (exact) mass is 499 g/mol. The third-order valence-corrected chi connectivity index (χ3v) is 10.5. The summed E-state index contributed by atoms with van der Waals surface area (Å²) in [5.74, 6) is 0.903. The molecular weight excluding hydrogens is 466 g/mol. The fourth-order valence-electron chi connectivity index (χ4n) is 5.19. The lowest BCUT2D eigenvalue weighted by molar-refractivity contribution is 0.100. The Kier molecular flexibility index (Phi) is 6.57. The highest BCUT2D eigenvalue weighted by Crippen LogP contribution is 2.39. The molecule has 0 atom stereocenters. The Morgan fingerprint density at radius 2 is 1.94 bits per heavy atom. The molecule has 2 aromatic heterocycles. The van der Waals surface area contributed by atoms with Gasteiger partial charge in [-0.1, -0.05) is 19.3 Å². The van der Waals surface area contributed by atoms with E-state index in [1.165, 1.54) is 30.6 Å². The number of H-pyrrole nitrogens is 1. The molecule has 6 nitrogen and oxygen atoms in total. The van der Waals surface area contributed by atoms with Gasteiger partial charge in [0.2, 0.25) is 10.0 Å². The van der Waals surface area contributed by atoms with Gasteiger partial charge in [-0.25, -0.2) is 12.7 Å². The number of aromatic nitrogens is 1. The van der Waals surface area contributed by atoms with Gasteiger partial charge in [-0.05, 0) is 79.8 Å². The molecule has 2 aliphatic rings. The van der Waals surface area contributed by atoms with E-state index < -0.39 is 15.9 Å². The standard InChI is InChI=1S/C26H33N3O3S2/c1-2-34(31,32)29-12-10-18(11-13-29)23-16-28-25-21(23)14-19(15-22(25)26(27)30)24-9-8-20(33-24)5-3-4-17-6-7-17/h8-9,14-18,28H,2-7,10-13H2,1H3,(H2,27,30). The Morgan fingerprint density at radius 3 is 2.62 bits per heavy atom. The number of nitrogens with two attached hydrogens (primary N) is 1. The largest absolute Gasteiger partial charge is 0.366 e. The summed E-state index contributed by atoms with van der Waals surface area (Å²) < 4.78 is 26.1. The van der Waals surface area contributed by atoms with Gasteiger partial charge in [0.1, 0.15) is 0 Å². The van der Waals surface area contributed by atoms with Crippen LogP contribution < -0.4 is 5.73 Å². The Morgan fingerprint density at radius 1 is 1.18 bits per heavy atom. The van der Waals surface area contributed by atoms with Crippen LogP contribution in [0, 0.1) is 5.92 Å². The summed E-state index contributed by atoms with van der Waals surface area (Å²) in [5, 5.41) is 1.02. The smallest absolute Gasteiger partial charge is 0.250 e. The number of aryl methyl sites for hydroxylation is 1. The van der Waals surface area contributed by atoms with Crippen LogP contribution >= 0.6 is 11.3 Å². The molecule has 3 heterocycles. The van der Waals surface area contributed by atoms with Gasteiger partial charge in [0.25, 0.3) is 5.91 Å². The molecule has 1 amide bonds. The molecular formula is C26H33N3O3S2. The molecule has 8 heteroatoms. The first kappa shape index (κ1) is 23.6. The number of amides is 1. The van der Waals surface area contributed by atoms with E-state index in [0.29, 0.717) is 18.7 Å². The number of nitrogens with one attached hydrogen (secondary N) is 1. The number of carbonyl (C=O) groups excluding carboxylic acids is 1. The summed E-state index contributed by atoms with van der Waals surface area (Å²) >= 11 is 1.80. The van der Waals surface area contributed by atoms with Gasteiger partial charge in [0.05, 0.1) is 16.8 Å². The number of aromatic amines is 1. The van der Waals surface area contributed by atoms with Crippen molar-refractivity contribution in [2.24, 2.45) is 11.7 Å². The average molecular weight is 500 g/mol. The third-order valence-electron chi connectivity index (χ3n) is 7.42. The number of piperidine rings is 1. The number of primary amides is 1. The lowest BCUT2D eigenvalue weighted by atomic mass is 9.89. The molecule has 5 rings (SSSR count). The Balaban J connectivity index is 1.42. The molecule has 0 unspecified atom stereocenters. The first-order valence-corrected chi connectivity index (χ1v) is 14.8. The predicted molar refractivity (Wildman–Crippen MR) is 139 cm³/mol. The number of fused-ring (bicyclic) bond motifs is 1. The van der Waals surface area contributed by atoms with Gasteiger partial charge in [-0.15, -0.1) is 11.3 Å². The third kappa shape index (κ3) is 4.81. The highest BCUT2D eigenvalue weighted by atomic mass is 32.2. The van der Waals surface area contributed by atoms with Crippen molar-refractivity contribution in [3.05, 3.63) is 46.5 Å². The number of sulfonamides is 1. The topological polar surface area (TPSA) is 96.3 Å². The lowest BCUT2D eigenvalue weighted by Crippen LogP contribution is -2.38. The van der Waals surface area contributed by atoms with Crippen LogP contribution in [0.5, 0.6) is 0 Å². The van der Waals surface area contributed by atoms with Crippen molar-refractivity contribution in [1.29, 1.82) is 0 Å². The summed E-state index contributed by atoms with van der Waals surface area (Å²) in [6.07, 6.45) is 10.0. The second-order valence-corrected chi connectivity index (χ2v) is 13.2. The molecule has 182 valence electrons. The minimum Gasteiger partial charge on any atom is -0.366 e. The van der Waals surface area contributed by atoms with Gasteiger partial charge in [0, 0.05) is 34.4 Å². The number of hydrogen-bond acceptors (Lipinski definition) is 4. The van der Waals surface area contributed by atoms with Crippen molar-refractivity contribution in [3.63, 3.8) is 0 Å². The molecule has 1 saturated carbocycles. The minimum atomic E-state index is -3.16. The zero-order valence-corrected chi connectivity index (χ0v) is 21.3. The van der Waals surface area contributed by atoms with Crippen LogP contribution in [0.2, 0.25) is 0 Å². The van der Waals surface area contributed by atoms with Crippen molar-refractivity contribution in [1.82, 2.24) is 9.29 Å². The zero-order valence-electron chi connectivity index (χ0n) is 19.7. The van der Waals surface area contributed by atoms with Crippen LogP contribution in [0.3, 0.4) is 0 Å². The van der Waals surface area contributed by atoms with E-state index in [4.69, 9.17) is 5.73 Å². The summed E-state index contributed by atoms with van der Waals surface area (Å²) in [4.78, 5) is 18.1. The van der Waals surface area contributed by atoms with Crippen molar-refractivity contribution < 1.29 is 13.2 Å². The SMILES string of the molecule is CCS(=O)(=O)N1CCC(c2c[nH]c3c(C(N)=O)cc(-c4ccc(CCCC5CC5)s4)cc23)CC1. The van der Waals surface area contributed by atoms with Crippen LogP contribution in [-0.2, 0) is 16.4 Å². The molecule has 2 fully saturated rings. The van der Waals surface area contributed by atoms with Gasteiger partial charge in [-0.3, -0.25) is 4.79 Å². The van der Waals surface area contributed by atoms with Crippen molar-refractivity contribution in [2.75, 3.05) is 18.8 Å². The minimum absolute atomic E-state index is 0.138. The van der Waals surface area contributed by atoms with Crippen molar-refractivity contribution >= 4 is 38.2 Å². The number of rotatable bonds is 9. The number of thiophene rings is 1. The number of benzene rings is 1. The summed E-state index contributed by atoms with van der Waals surface area (Å²) in [6.45, 7) is 2.76.